The number of nitrogens with one attached hydrogen (secondary N) is 1. The van der Waals surface area contributed by atoms with Crippen LogP contribution >= 0.6 is 11.8 Å². The maximum atomic E-state index is 12.7. The summed E-state index contributed by atoms with van der Waals surface area (Å²) < 4.78 is 0. The molecule has 1 aliphatic carbocycles. The fourth-order valence-electron chi connectivity index (χ4n) is 3.23. The minimum atomic E-state index is -0.00646. The van der Waals surface area contributed by atoms with Gasteiger partial charge in [-0.05, 0) is 42.7 Å². The van der Waals surface area contributed by atoms with Crippen molar-refractivity contribution in [3.63, 3.8) is 0 Å². The van der Waals surface area contributed by atoms with E-state index in [-0.39, 0.29) is 12.2 Å². The van der Waals surface area contributed by atoms with Crippen LogP contribution in [0.25, 0.3) is 0 Å². The molecule has 3 nitrogen and oxygen atoms in total. The van der Waals surface area contributed by atoms with Gasteiger partial charge in [0.05, 0.1) is 6.04 Å². The SMILES string of the molecule is CCCC1NC(c2ccc(SC)cc2)N(C2CC2C)C1=O. The summed E-state index contributed by atoms with van der Waals surface area (Å²) in [4.78, 5) is 16.1. The van der Waals surface area contributed by atoms with Crippen LogP contribution in [0.5, 0.6) is 0 Å². The monoisotopic (exact) mass is 304 g/mol. The zero-order valence-corrected chi connectivity index (χ0v) is 13.8. The Hall–Kier alpha value is -1.00. The van der Waals surface area contributed by atoms with E-state index in [9.17, 15) is 4.79 Å². The van der Waals surface area contributed by atoms with E-state index in [1.165, 1.54) is 10.5 Å². The highest BCUT2D eigenvalue weighted by molar-refractivity contribution is 7.98. The number of nitrogens with zero attached hydrogens (tertiary/aromatic N) is 1. The van der Waals surface area contributed by atoms with Gasteiger partial charge in [-0.2, -0.15) is 0 Å². The molecule has 114 valence electrons. The Morgan fingerprint density at radius 3 is 2.52 bits per heavy atom. The van der Waals surface area contributed by atoms with Crippen LogP contribution in [-0.4, -0.2) is 29.1 Å². The van der Waals surface area contributed by atoms with Crippen molar-refractivity contribution in [2.45, 2.75) is 56.3 Å². The number of rotatable bonds is 5. The first-order valence-corrected chi connectivity index (χ1v) is 9.10. The molecule has 21 heavy (non-hydrogen) atoms. The molecule has 4 atom stereocenters. The second-order valence-electron chi connectivity index (χ2n) is 6.21. The fraction of sp³-hybridized carbons (Fsp3) is 0.588. The smallest absolute Gasteiger partial charge is 0.241 e. The second kappa shape index (κ2) is 6.01. The predicted octanol–water partition coefficient (Wildman–Crippen LogP) is 3.42. The Morgan fingerprint density at radius 2 is 2.00 bits per heavy atom. The average Bonchev–Trinajstić information content (AvgIpc) is 3.13. The van der Waals surface area contributed by atoms with Crippen LogP contribution in [0, 0.1) is 5.92 Å². The molecular weight excluding hydrogens is 280 g/mol. The number of carbonyl (C=O) groups is 1. The number of thioether (sulfide) groups is 1. The van der Waals surface area contributed by atoms with E-state index < -0.39 is 0 Å². The number of carbonyl (C=O) groups excluding carboxylic acids is 1. The van der Waals surface area contributed by atoms with E-state index in [1.54, 1.807) is 11.8 Å². The summed E-state index contributed by atoms with van der Waals surface area (Å²) in [6, 6.07) is 9.03. The summed E-state index contributed by atoms with van der Waals surface area (Å²) in [5, 5.41) is 3.56. The molecule has 2 aliphatic rings. The topological polar surface area (TPSA) is 32.3 Å². The lowest BCUT2D eigenvalue weighted by Crippen LogP contribution is -2.33. The molecule has 0 spiro atoms. The zero-order chi connectivity index (χ0) is 15.0. The second-order valence-corrected chi connectivity index (χ2v) is 7.09. The van der Waals surface area contributed by atoms with Gasteiger partial charge in [-0.3, -0.25) is 10.1 Å². The van der Waals surface area contributed by atoms with Gasteiger partial charge >= 0.3 is 0 Å². The molecule has 1 saturated carbocycles. The Morgan fingerprint density at radius 1 is 1.33 bits per heavy atom. The summed E-state index contributed by atoms with van der Waals surface area (Å²) >= 11 is 1.75. The first-order chi connectivity index (χ1) is 10.2. The van der Waals surface area contributed by atoms with Gasteiger partial charge < -0.3 is 4.90 Å². The largest absolute Gasteiger partial charge is 0.318 e. The molecule has 1 heterocycles. The van der Waals surface area contributed by atoms with Crippen molar-refractivity contribution in [2.24, 2.45) is 5.92 Å². The molecule has 1 N–H and O–H groups in total. The predicted molar refractivity (Wildman–Crippen MR) is 87.2 cm³/mol. The lowest BCUT2D eigenvalue weighted by atomic mass is 10.1. The molecule has 1 saturated heterocycles. The average molecular weight is 304 g/mol. The van der Waals surface area contributed by atoms with Gasteiger partial charge in [0.2, 0.25) is 5.91 Å². The number of amides is 1. The van der Waals surface area contributed by atoms with Crippen molar-refractivity contribution in [2.75, 3.05) is 6.26 Å². The van der Waals surface area contributed by atoms with Gasteiger partial charge in [-0.25, -0.2) is 0 Å². The minimum Gasteiger partial charge on any atom is -0.318 e. The van der Waals surface area contributed by atoms with Crippen molar-refractivity contribution in [3.8, 4) is 0 Å². The molecule has 2 fully saturated rings. The summed E-state index contributed by atoms with van der Waals surface area (Å²) in [7, 11) is 0. The molecular formula is C17H24N2OS. The summed E-state index contributed by atoms with van der Waals surface area (Å²) in [6.45, 7) is 4.37. The standard InChI is InChI=1S/C17H24N2OS/c1-4-5-14-17(20)19(15-10-11(15)2)16(18-14)12-6-8-13(21-3)9-7-12/h6-9,11,14-16,18H,4-5,10H2,1-3H3. The molecule has 1 amide bonds. The third-order valence-corrected chi connectivity index (χ3v) is 5.37. The quantitative estimate of drug-likeness (QED) is 0.846. The molecule has 1 aromatic carbocycles. The summed E-state index contributed by atoms with van der Waals surface area (Å²) in [5.41, 5.74) is 1.21. The first-order valence-electron chi connectivity index (χ1n) is 7.88. The lowest BCUT2D eigenvalue weighted by Gasteiger charge is -2.25. The molecule has 1 aromatic rings. The normalized spacial score (nSPS) is 31.8. The number of benzene rings is 1. The van der Waals surface area contributed by atoms with Gasteiger partial charge in [-0.1, -0.05) is 32.4 Å². The van der Waals surface area contributed by atoms with Gasteiger partial charge in [0.25, 0.3) is 0 Å². The van der Waals surface area contributed by atoms with Crippen LogP contribution in [0.2, 0.25) is 0 Å². The molecule has 0 bridgehead atoms. The molecule has 3 rings (SSSR count). The maximum Gasteiger partial charge on any atom is 0.241 e. The van der Waals surface area contributed by atoms with E-state index in [1.807, 2.05) is 0 Å². The van der Waals surface area contributed by atoms with E-state index >= 15 is 0 Å². The third kappa shape index (κ3) is 2.84. The Balaban J connectivity index is 1.85. The molecule has 0 aromatic heterocycles. The van der Waals surface area contributed by atoms with Crippen molar-refractivity contribution in [1.82, 2.24) is 10.2 Å². The molecule has 4 unspecified atom stereocenters. The van der Waals surface area contributed by atoms with E-state index in [4.69, 9.17) is 0 Å². The zero-order valence-electron chi connectivity index (χ0n) is 13.0. The van der Waals surface area contributed by atoms with E-state index in [2.05, 4.69) is 54.6 Å². The number of hydrogen-bond acceptors (Lipinski definition) is 3. The third-order valence-electron chi connectivity index (χ3n) is 4.62. The van der Waals surface area contributed by atoms with E-state index in [0.29, 0.717) is 17.9 Å². The van der Waals surface area contributed by atoms with Crippen LogP contribution in [0.15, 0.2) is 29.2 Å². The van der Waals surface area contributed by atoms with Gasteiger partial charge in [0, 0.05) is 10.9 Å². The Kier molecular flexibility index (Phi) is 4.27. The Labute approximate surface area is 131 Å². The minimum absolute atomic E-state index is 0.00646. The van der Waals surface area contributed by atoms with Crippen LogP contribution < -0.4 is 5.32 Å². The van der Waals surface area contributed by atoms with Gasteiger partial charge in [0.1, 0.15) is 6.17 Å². The highest BCUT2D eigenvalue weighted by atomic mass is 32.2. The highest BCUT2D eigenvalue weighted by Crippen LogP contribution is 2.42. The molecule has 4 heteroatoms. The van der Waals surface area contributed by atoms with Crippen molar-refractivity contribution in [3.05, 3.63) is 29.8 Å². The van der Waals surface area contributed by atoms with Crippen molar-refractivity contribution >= 4 is 17.7 Å². The summed E-state index contributed by atoms with van der Waals surface area (Å²) in [5.74, 6) is 0.939. The molecule has 1 aliphatic heterocycles. The van der Waals surface area contributed by atoms with Crippen LogP contribution in [0.3, 0.4) is 0 Å². The Bertz CT molecular complexity index is 516. The highest BCUT2D eigenvalue weighted by Gasteiger charge is 2.49. The maximum absolute atomic E-state index is 12.7. The summed E-state index contributed by atoms with van der Waals surface area (Å²) in [6.07, 6.45) is 5.25. The lowest BCUT2D eigenvalue weighted by molar-refractivity contribution is -0.131. The van der Waals surface area contributed by atoms with Crippen LogP contribution in [0.4, 0.5) is 0 Å². The molecule has 0 radical (unpaired) electrons. The van der Waals surface area contributed by atoms with Gasteiger partial charge in [0.15, 0.2) is 0 Å². The first kappa shape index (κ1) is 14.9. The number of hydrogen-bond donors (Lipinski definition) is 1. The van der Waals surface area contributed by atoms with E-state index in [0.717, 1.165) is 19.3 Å². The van der Waals surface area contributed by atoms with Crippen molar-refractivity contribution < 1.29 is 4.79 Å². The van der Waals surface area contributed by atoms with Crippen molar-refractivity contribution in [1.29, 1.82) is 0 Å². The van der Waals surface area contributed by atoms with Gasteiger partial charge in [-0.15, -0.1) is 11.8 Å². The van der Waals surface area contributed by atoms with Crippen LogP contribution in [0.1, 0.15) is 44.8 Å². The van der Waals surface area contributed by atoms with Crippen LogP contribution in [-0.2, 0) is 4.79 Å². The fourth-order valence-corrected chi connectivity index (χ4v) is 3.64.